The van der Waals surface area contributed by atoms with E-state index in [0.29, 0.717) is 6.54 Å². The van der Waals surface area contributed by atoms with Crippen LogP contribution < -0.4 is 5.32 Å². The topological polar surface area (TPSA) is 58.1 Å². The van der Waals surface area contributed by atoms with Gasteiger partial charge in [-0.05, 0) is 32.5 Å². The number of hydrogen-bond donors (Lipinski definition) is 1. The summed E-state index contributed by atoms with van der Waals surface area (Å²) < 4.78 is 0. The number of amides is 1. The summed E-state index contributed by atoms with van der Waals surface area (Å²) in [6.45, 7) is 11.9. The number of carbonyl (C=O) groups excluding carboxylic acids is 1. The van der Waals surface area contributed by atoms with Gasteiger partial charge in [0.25, 0.3) is 0 Å². The van der Waals surface area contributed by atoms with Crippen LogP contribution in [-0.4, -0.2) is 52.2 Å². The van der Waals surface area contributed by atoms with Crippen LogP contribution in [0.15, 0.2) is 17.4 Å². The number of likely N-dealkylation sites (N-methyl/N-ethyl adjacent to an activating group) is 1. The number of carbonyl (C=O) groups is 1. The molecule has 0 saturated carbocycles. The standard InChI is InChI=1S/C17H26N4OS2/c1-5-13-10-14-16(19-11-20-17(14)24-13)23-12(4)15(22)18-8-9-21(6-2)7-3/h10-12H,5-9H2,1-4H3,(H,18,22). The highest BCUT2D eigenvalue weighted by Gasteiger charge is 2.17. The third kappa shape index (κ3) is 4.91. The maximum atomic E-state index is 12.3. The summed E-state index contributed by atoms with van der Waals surface area (Å²) in [6, 6.07) is 2.15. The average molecular weight is 367 g/mol. The second-order valence-corrected chi connectivity index (χ2v) is 7.99. The van der Waals surface area contributed by atoms with Gasteiger partial charge < -0.3 is 10.2 Å². The molecule has 0 aromatic carbocycles. The summed E-state index contributed by atoms with van der Waals surface area (Å²) in [5.74, 6) is 0.0601. The van der Waals surface area contributed by atoms with Gasteiger partial charge in [-0.3, -0.25) is 4.79 Å². The summed E-state index contributed by atoms with van der Waals surface area (Å²) in [5.41, 5.74) is 0. The van der Waals surface area contributed by atoms with Gasteiger partial charge in [-0.2, -0.15) is 0 Å². The Hall–Kier alpha value is -1.18. The Morgan fingerprint density at radius 2 is 2.08 bits per heavy atom. The molecule has 1 atom stereocenters. The fourth-order valence-corrected chi connectivity index (χ4v) is 4.31. The van der Waals surface area contributed by atoms with E-state index in [-0.39, 0.29) is 11.2 Å². The van der Waals surface area contributed by atoms with Crippen molar-refractivity contribution < 1.29 is 4.79 Å². The summed E-state index contributed by atoms with van der Waals surface area (Å²) in [5, 5.41) is 4.80. The maximum Gasteiger partial charge on any atom is 0.233 e. The van der Waals surface area contributed by atoms with Gasteiger partial charge in [-0.25, -0.2) is 9.97 Å². The first-order valence-electron chi connectivity index (χ1n) is 8.49. The Labute approximate surface area is 152 Å². The number of hydrogen-bond acceptors (Lipinski definition) is 6. The molecule has 2 aromatic rings. The Bertz CT molecular complexity index is 670. The summed E-state index contributed by atoms with van der Waals surface area (Å²) >= 11 is 3.20. The van der Waals surface area contributed by atoms with Crippen LogP contribution in [0.5, 0.6) is 0 Å². The second kappa shape index (κ2) is 9.34. The van der Waals surface area contributed by atoms with Crippen molar-refractivity contribution in [3.8, 4) is 0 Å². The van der Waals surface area contributed by atoms with Crippen LogP contribution in [0, 0.1) is 0 Å². The molecule has 132 valence electrons. The Morgan fingerprint density at radius 1 is 1.33 bits per heavy atom. The summed E-state index contributed by atoms with van der Waals surface area (Å²) in [6.07, 6.45) is 2.58. The van der Waals surface area contributed by atoms with E-state index in [1.54, 1.807) is 17.7 Å². The van der Waals surface area contributed by atoms with Gasteiger partial charge >= 0.3 is 0 Å². The van der Waals surface area contributed by atoms with Crippen LogP contribution in [0.2, 0.25) is 0 Å². The van der Waals surface area contributed by atoms with E-state index in [0.717, 1.165) is 41.3 Å². The molecule has 2 aromatic heterocycles. The Morgan fingerprint density at radius 3 is 2.75 bits per heavy atom. The fraction of sp³-hybridized carbons (Fsp3) is 0.588. The first-order valence-corrected chi connectivity index (χ1v) is 10.2. The van der Waals surface area contributed by atoms with Crippen molar-refractivity contribution in [2.24, 2.45) is 0 Å². The molecule has 0 bridgehead atoms. The number of nitrogens with zero attached hydrogens (tertiary/aromatic N) is 3. The minimum Gasteiger partial charge on any atom is -0.354 e. The van der Waals surface area contributed by atoms with E-state index in [1.165, 1.54) is 16.6 Å². The third-order valence-electron chi connectivity index (χ3n) is 3.97. The summed E-state index contributed by atoms with van der Waals surface area (Å²) in [7, 11) is 0. The minimum atomic E-state index is -0.176. The van der Waals surface area contributed by atoms with Crippen molar-refractivity contribution in [3.63, 3.8) is 0 Å². The molecule has 1 amide bonds. The van der Waals surface area contributed by atoms with Gasteiger partial charge in [0.05, 0.1) is 5.25 Å². The van der Waals surface area contributed by atoms with Gasteiger partial charge in [0.15, 0.2) is 0 Å². The first kappa shape index (κ1) is 19.1. The summed E-state index contributed by atoms with van der Waals surface area (Å²) in [4.78, 5) is 25.6. The number of rotatable bonds is 9. The van der Waals surface area contributed by atoms with Gasteiger partial charge in [-0.15, -0.1) is 11.3 Å². The van der Waals surface area contributed by atoms with Gasteiger partial charge in [0.2, 0.25) is 5.91 Å². The smallest absolute Gasteiger partial charge is 0.233 e. The predicted molar refractivity (Wildman–Crippen MR) is 103 cm³/mol. The van der Waals surface area contributed by atoms with E-state index in [1.807, 2.05) is 6.92 Å². The van der Waals surface area contributed by atoms with E-state index in [2.05, 4.69) is 47.0 Å². The molecule has 0 aliphatic carbocycles. The molecule has 24 heavy (non-hydrogen) atoms. The molecule has 5 nitrogen and oxygen atoms in total. The lowest BCUT2D eigenvalue weighted by atomic mass is 10.3. The highest BCUT2D eigenvalue weighted by Crippen LogP contribution is 2.32. The van der Waals surface area contributed by atoms with Gasteiger partial charge in [0.1, 0.15) is 16.2 Å². The number of aryl methyl sites for hydroxylation is 1. The van der Waals surface area contributed by atoms with Crippen LogP contribution in [0.25, 0.3) is 10.2 Å². The number of thioether (sulfide) groups is 1. The maximum absolute atomic E-state index is 12.3. The van der Waals surface area contributed by atoms with E-state index in [4.69, 9.17) is 0 Å². The predicted octanol–water partition coefficient (Wildman–Crippen LogP) is 3.19. The molecule has 0 radical (unpaired) electrons. The molecule has 1 N–H and O–H groups in total. The highest BCUT2D eigenvalue weighted by molar-refractivity contribution is 8.00. The zero-order chi connectivity index (χ0) is 17.5. The van der Waals surface area contributed by atoms with Crippen molar-refractivity contribution in [2.45, 2.75) is 44.4 Å². The monoisotopic (exact) mass is 366 g/mol. The molecule has 0 spiro atoms. The number of fused-ring (bicyclic) bond motifs is 1. The van der Waals surface area contributed by atoms with Crippen molar-refractivity contribution in [1.82, 2.24) is 20.2 Å². The zero-order valence-electron chi connectivity index (χ0n) is 14.8. The van der Waals surface area contributed by atoms with Crippen LogP contribution >= 0.6 is 23.1 Å². The van der Waals surface area contributed by atoms with E-state index < -0.39 is 0 Å². The number of aromatic nitrogens is 2. The third-order valence-corrected chi connectivity index (χ3v) is 6.28. The molecule has 7 heteroatoms. The molecule has 0 saturated heterocycles. The quantitative estimate of drug-likeness (QED) is 0.545. The molecule has 1 unspecified atom stereocenters. The lowest BCUT2D eigenvalue weighted by Crippen LogP contribution is -2.37. The number of thiophene rings is 1. The van der Waals surface area contributed by atoms with Crippen molar-refractivity contribution >= 4 is 39.2 Å². The van der Waals surface area contributed by atoms with Crippen LogP contribution in [0.1, 0.15) is 32.6 Å². The number of nitrogens with one attached hydrogen (secondary N) is 1. The van der Waals surface area contributed by atoms with Gasteiger partial charge in [0, 0.05) is 23.4 Å². The Kier molecular flexibility index (Phi) is 7.45. The molecule has 0 aliphatic rings. The lowest BCUT2D eigenvalue weighted by Gasteiger charge is -2.19. The molecule has 2 heterocycles. The van der Waals surface area contributed by atoms with Crippen LogP contribution in [-0.2, 0) is 11.2 Å². The SMILES string of the molecule is CCc1cc2c(SC(C)C(=O)NCCN(CC)CC)ncnc2s1. The highest BCUT2D eigenvalue weighted by atomic mass is 32.2. The van der Waals surface area contributed by atoms with Crippen LogP contribution in [0.4, 0.5) is 0 Å². The first-order chi connectivity index (χ1) is 11.6. The molecular weight excluding hydrogens is 340 g/mol. The zero-order valence-corrected chi connectivity index (χ0v) is 16.5. The minimum absolute atomic E-state index is 0.0601. The normalized spacial score (nSPS) is 12.7. The largest absolute Gasteiger partial charge is 0.354 e. The van der Waals surface area contributed by atoms with Crippen molar-refractivity contribution in [2.75, 3.05) is 26.2 Å². The Balaban J connectivity index is 1.95. The van der Waals surface area contributed by atoms with Crippen molar-refractivity contribution in [1.29, 1.82) is 0 Å². The van der Waals surface area contributed by atoms with Crippen molar-refractivity contribution in [3.05, 3.63) is 17.3 Å². The average Bonchev–Trinajstić information content (AvgIpc) is 3.03. The fourth-order valence-electron chi connectivity index (χ4n) is 2.39. The second-order valence-electron chi connectivity index (χ2n) is 5.54. The van der Waals surface area contributed by atoms with E-state index >= 15 is 0 Å². The van der Waals surface area contributed by atoms with E-state index in [9.17, 15) is 4.79 Å². The molecule has 0 aliphatic heterocycles. The molecule has 2 rings (SSSR count). The molecule has 0 fully saturated rings. The van der Waals surface area contributed by atoms with Crippen LogP contribution in [0.3, 0.4) is 0 Å². The molecular formula is C17H26N4OS2. The van der Waals surface area contributed by atoms with Gasteiger partial charge in [-0.1, -0.05) is 32.5 Å². The lowest BCUT2D eigenvalue weighted by molar-refractivity contribution is -0.120.